The number of anilines is 1. The van der Waals surface area contributed by atoms with Crippen LogP contribution in [0, 0.1) is 10.1 Å². The predicted molar refractivity (Wildman–Crippen MR) is 124 cm³/mol. The Balaban J connectivity index is 1.68. The predicted octanol–water partition coefficient (Wildman–Crippen LogP) is 5.63. The molecule has 32 heavy (non-hydrogen) atoms. The summed E-state index contributed by atoms with van der Waals surface area (Å²) < 4.78 is 5.91. The molecule has 7 nitrogen and oxygen atoms in total. The molecule has 0 atom stereocenters. The van der Waals surface area contributed by atoms with Crippen LogP contribution in [0.15, 0.2) is 83.5 Å². The number of nitro groups is 1. The van der Waals surface area contributed by atoms with E-state index in [4.69, 9.17) is 16.3 Å². The Morgan fingerprint density at radius 2 is 1.81 bits per heavy atom. The van der Waals surface area contributed by atoms with Gasteiger partial charge in [0.2, 0.25) is 0 Å². The van der Waals surface area contributed by atoms with Crippen molar-refractivity contribution in [2.24, 2.45) is 5.10 Å². The van der Waals surface area contributed by atoms with E-state index in [9.17, 15) is 14.9 Å². The van der Waals surface area contributed by atoms with E-state index in [-0.39, 0.29) is 18.2 Å². The second kappa shape index (κ2) is 9.03. The summed E-state index contributed by atoms with van der Waals surface area (Å²) in [5.41, 5.74) is 2.53. The topological polar surface area (TPSA) is 85.0 Å². The molecule has 0 aromatic heterocycles. The van der Waals surface area contributed by atoms with E-state index in [2.05, 4.69) is 5.10 Å². The molecule has 0 N–H and O–H groups in total. The molecule has 3 aromatic carbocycles. The first-order chi connectivity index (χ1) is 15.4. The van der Waals surface area contributed by atoms with Gasteiger partial charge >= 0.3 is 0 Å². The van der Waals surface area contributed by atoms with E-state index < -0.39 is 4.92 Å². The van der Waals surface area contributed by atoms with Crippen molar-refractivity contribution >= 4 is 40.7 Å². The summed E-state index contributed by atoms with van der Waals surface area (Å²) in [5, 5.41) is 17.5. The molecule has 0 saturated heterocycles. The van der Waals surface area contributed by atoms with Gasteiger partial charge in [-0.3, -0.25) is 14.9 Å². The fourth-order valence-electron chi connectivity index (χ4n) is 3.25. The van der Waals surface area contributed by atoms with E-state index >= 15 is 0 Å². The summed E-state index contributed by atoms with van der Waals surface area (Å²) in [7, 11) is 0. The first-order valence-electron chi connectivity index (χ1n) is 9.75. The van der Waals surface area contributed by atoms with Gasteiger partial charge in [-0.1, -0.05) is 48.0 Å². The summed E-state index contributed by atoms with van der Waals surface area (Å²) >= 11 is 6.20. The normalized spacial score (nSPS) is 14.6. The van der Waals surface area contributed by atoms with E-state index in [1.165, 1.54) is 23.2 Å². The Morgan fingerprint density at radius 3 is 2.53 bits per heavy atom. The monoisotopic (exact) mass is 447 g/mol. The second-order valence-electron chi connectivity index (χ2n) is 7.06. The number of rotatable bonds is 6. The number of carbonyl (C=O) groups excluding carboxylic acids is 1. The average molecular weight is 448 g/mol. The van der Waals surface area contributed by atoms with Crippen LogP contribution < -0.4 is 9.75 Å². The number of hydrazone groups is 1. The SMILES string of the molecule is CC1=NN(c2ccccc2)C(=O)/C1=C/c1cc([N+](=O)[O-])ccc1OCc1ccccc1Cl. The smallest absolute Gasteiger partial charge is 0.280 e. The largest absolute Gasteiger partial charge is 0.488 e. The Hall–Kier alpha value is -3.97. The zero-order valence-electron chi connectivity index (χ0n) is 17.1. The van der Waals surface area contributed by atoms with E-state index in [1.54, 1.807) is 31.2 Å². The van der Waals surface area contributed by atoms with Crippen molar-refractivity contribution in [1.29, 1.82) is 0 Å². The lowest BCUT2D eigenvalue weighted by Crippen LogP contribution is -2.21. The minimum absolute atomic E-state index is 0.109. The molecule has 1 amide bonds. The van der Waals surface area contributed by atoms with Gasteiger partial charge in [-0.15, -0.1) is 0 Å². The number of para-hydroxylation sites is 1. The van der Waals surface area contributed by atoms with Crippen LogP contribution in [0.4, 0.5) is 11.4 Å². The lowest BCUT2D eigenvalue weighted by Gasteiger charge is -2.12. The molecule has 160 valence electrons. The van der Waals surface area contributed by atoms with E-state index in [0.717, 1.165) is 5.56 Å². The molecule has 0 aliphatic carbocycles. The lowest BCUT2D eigenvalue weighted by molar-refractivity contribution is -0.384. The number of carbonyl (C=O) groups is 1. The van der Waals surface area contributed by atoms with Gasteiger partial charge in [0.15, 0.2) is 0 Å². The van der Waals surface area contributed by atoms with Crippen LogP contribution in [0.2, 0.25) is 5.02 Å². The maximum absolute atomic E-state index is 13.0. The molecule has 1 heterocycles. The van der Waals surface area contributed by atoms with Crippen LogP contribution in [-0.4, -0.2) is 16.5 Å². The van der Waals surface area contributed by atoms with Gasteiger partial charge in [0.05, 0.1) is 21.9 Å². The van der Waals surface area contributed by atoms with Gasteiger partial charge in [-0.2, -0.15) is 10.1 Å². The van der Waals surface area contributed by atoms with Gasteiger partial charge in [0, 0.05) is 28.3 Å². The molecule has 1 aliphatic rings. The average Bonchev–Trinajstić information content (AvgIpc) is 3.08. The van der Waals surface area contributed by atoms with Gasteiger partial charge in [-0.25, -0.2) is 0 Å². The van der Waals surface area contributed by atoms with E-state index in [0.29, 0.717) is 33.3 Å². The molecular formula is C24H18ClN3O4. The molecule has 0 fully saturated rings. The fourth-order valence-corrected chi connectivity index (χ4v) is 3.44. The standard InChI is InChI=1S/C24H18ClN3O4/c1-16-21(24(29)27(26-16)19-8-3-2-4-9-19)14-18-13-20(28(30)31)11-12-23(18)32-15-17-7-5-6-10-22(17)25/h2-14H,15H2,1H3/b21-14+. The first kappa shape index (κ1) is 21.3. The highest BCUT2D eigenvalue weighted by Crippen LogP contribution is 2.31. The number of nitro benzene ring substituents is 1. The number of amides is 1. The van der Waals surface area contributed by atoms with Crippen molar-refractivity contribution in [1.82, 2.24) is 0 Å². The molecule has 0 spiro atoms. The first-order valence-corrected chi connectivity index (χ1v) is 10.1. The van der Waals surface area contributed by atoms with Crippen molar-refractivity contribution in [2.75, 3.05) is 5.01 Å². The van der Waals surface area contributed by atoms with Gasteiger partial charge in [0.1, 0.15) is 12.4 Å². The second-order valence-corrected chi connectivity index (χ2v) is 7.46. The summed E-state index contributed by atoms with van der Waals surface area (Å²) in [4.78, 5) is 23.9. The van der Waals surface area contributed by atoms with Crippen molar-refractivity contribution < 1.29 is 14.5 Å². The van der Waals surface area contributed by atoms with Crippen LogP contribution in [0.3, 0.4) is 0 Å². The third-order valence-electron chi connectivity index (χ3n) is 4.91. The Kier molecular flexibility index (Phi) is 6.00. The molecule has 8 heteroatoms. The van der Waals surface area contributed by atoms with Crippen LogP contribution in [0.1, 0.15) is 18.1 Å². The number of halogens is 1. The molecule has 4 rings (SSSR count). The number of non-ortho nitro benzene ring substituents is 1. The Bertz CT molecular complexity index is 1260. The molecule has 1 aliphatic heterocycles. The maximum atomic E-state index is 13.0. The van der Waals surface area contributed by atoms with Crippen LogP contribution in [0.25, 0.3) is 6.08 Å². The summed E-state index contributed by atoms with van der Waals surface area (Å²) in [6.45, 7) is 1.89. The minimum Gasteiger partial charge on any atom is -0.488 e. The van der Waals surface area contributed by atoms with Gasteiger partial charge in [-0.05, 0) is 37.3 Å². The van der Waals surface area contributed by atoms with Crippen LogP contribution in [0.5, 0.6) is 5.75 Å². The highest BCUT2D eigenvalue weighted by molar-refractivity contribution is 6.32. The lowest BCUT2D eigenvalue weighted by atomic mass is 10.1. The summed E-state index contributed by atoms with van der Waals surface area (Å²) in [5.74, 6) is 0.0686. The van der Waals surface area contributed by atoms with E-state index in [1.807, 2.05) is 36.4 Å². The number of benzene rings is 3. The molecule has 0 unspecified atom stereocenters. The molecule has 0 radical (unpaired) electrons. The Labute approximate surface area is 189 Å². The quantitative estimate of drug-likeness (QED) is 0.278. The number of nitrogens with zero attached hydrogens (tertiary/aromatic N) is 3. The molecule has 0 bridgehead atoms. The Morgan fingerprint density at radius 1 is 1.09 bits per heavy atom. The van der Waals surface area contributed by atoms with Crippen LogP contribution in [-0.2, 0) is 11.4 Å². The fraction of sp³-hybridized carbons (Fsp3) is 0.0833. The minimum atomic E-state index is -0.493. The summed E-state index contributed by atoms with van der Waals surface area (Å²) in [6.07, 6.45) is 1.57. The zero-order valence-corrected chi connectivity index (χ0v) is 17.8. The summed E-state index contributed by atoms with van der Waals surface area (Å²) in [6, 6.07) is 20.6. The van der Waals surface area contributed by atoms with Crippen molar-refractivity contribution in [2.45, 2.75) is 13.5 Å². The third-order valence-corrected chi connectivity index (χ3v) is 5.28. The molecule has 3 aromatic rings. The molecular weight excluding hydrogens is 430 g/mol. The zero-order chi connectivity index (χ0) is 22.7. The van der Waals surface area contributed by atoms with Crippen LogP contribution >= 0.6 is 11.6 Å². The van der Waals surface area contributed by atoms with Crippen molar-refractivity contribution in [3.8, 4) is 5.75 Å². The number of ether oxygens (including phenoxy) is 1. The highest BCUT2D eigenvalue weighted by Gasteiger charge is 2.29. The van der Waals surface area contributed by atoms with Gasteiger partial charge < -0.3 is 4.74 Å². The number of hydrogen-bond donors (Lipinski definition) is 0. The van der Waals surface area contributed by atoms with Crippen molar-refractivity contribution in [3.05, 3.63) is 105 Å². The maximum Gasteiger partial charge on any atom is 0.280 e. The third kappa shape index (κ3) is 4.38. The highest BCUT2D eigenvalue weighted by atomic mass is 35.5. The van der Waals surface area contributed by atoms with Crippen molar-refractivity contribution in [3.63, 3.8) is 0 Å². The molecule has 0 saturated carbocycles. The van der Waals surface area contributed by atoms with Gasteiger partial charge in [0.25, 0.3) is 11.6 Å². The number of hydrogen-bond acceptors (Lipinski definition) is 5.